The molecule has 0 radical (unpaired) electrons. The van der Waals surface area contributed by atoms with Crippen molar-refractivity contribution in [2.45, 2.75) is 52.9 Å². The van der Waals surface area contributed by atoms with Gasteiger partial charge in [-0.25, -0.2) is 13.2 Å². The average molecular weight is 334 g/mol. The van der Waals surface area contributed by atoms with Crippen LogP contribution in [0.4, 0.5) is 23.2 Å². The molecule has 3 atom stereocenters. The smallest absolute Gasteiger partial charge is 0.222 e. The van der Waals surface area contributed by atoms with Gasteiger partial charge >= 0.3 is 0 Å². The van der Waals surface area contributed by atoms with E-state index in [-0.39, 0.29) is 11.6 Å². The lowest BCUT2D eigenvalue weighted by Crippen LogP contribution is -3.05. The molecule has 0 bridgehead atoms. The Morgan fingerprint density at radius 3 is 2.17 bits per heavy atom. The second-order valence-corrected chi connectivity index (χ2v) is 6.58. The van der Waals surface area contributed by atoms with Crippen molar-refractivity contribution in [3.63, 3.8) is 0 Å². The molecule has 0 heterocycles. The lowest BCUT2D eigenvalue weighted by atomic mass is 9.91. The first kappa shape index (κ1) is 19.9. The summed E-state index contributed by atoms with van der Waals surface area (Å²) in [6.07, 6.45) is 5.61. The van der Waals surface area contributed by atoms with Gasteiger partial charge in [0.05, 0.1) is 13.6 Å². The van der Waals surface area contributed by atoms with Crippen LogP contribution >= 0.6 is 0 Å². The quantitative estimate of drug-likeness (QED) is 0.381. The van der Waals surface area contributed by atoms with E-state index in [4.69, 9.17) is 0 Å². The fourth-order valence-corrected chi connectivity index (χ4v) is 3.10. The largest absolute Gasteiger partial charge is 0.302 e. The molecule has 1 rings (SSSR count). The van der Waals surface area contributed by atoms with Gasteiger partial charge in [-0.3, -0.25) is 0 Å². The summed E-state index contributed by atoms with van der Waals surface area (Å²) >= 11 is 0. The molecule has 23 heavy (non-hydrogen) atoms. The van der Waals surface area contributed by atoms with Gasteiger partial charge < -0.3 is 4.90 Å². The fourth-order valence-electron chi connectivity index (χ4n) is 3.10. The molecule has 0 aliphatic rings. The second-order valence-electron chi connectivity index (χ2n) is 6.58. The normalized spacial score (nSPS) is 15.5. The summed E-state index contributed by atoms with van der Waals surface area (Å²) in [6, 6.07) is 0.752. The van der Waals surface area contributed by atoms with E-state index in [2.05, 4.69) is 20.8 Å². The van der Waals surface area contributed by atoms with Crippen molar-refractivity contribution in [2.75, 3.05) is 13.6 Å². The number of quaternary nitrogens is 1. The van der Waals surface area contributed by atoms with E-state index in [1.165, 1.54) is 6.42 Å². The Morgan fingerprint density at radius 1 is 0.957 bits per heavy atom. The predicted octanol–water partition coefficient (Wildman–Crippen LogP) is 4.63. The van der Waals surface area contributed by atoms with E-state index in [9.17, 15) is 17.6 Å². The molecule has 0 fully saturated rings. The highest BCUT2D eigenvalue weighted by atomic mass is 19.2. The van der Waals surface area contributed by atoms with E-state index >= 15 is 0 Å². The van der Waals surface area contributed by atoms with Crippen molar-refractivity contribution >= 4 is 5.69 Å². The molecule has 0 saturated heterocycles. The molecule has 0 spiro atoms. The Morgan fingerprint density at radius 2 is 1.61 bits per heavy atom. The minimum Gasteiger partial charge on any atom is -0.302 e. The molecule has 1 aromatic rings. The van der Waals surface area contributed by atoms with Gasteiger partial charge in [0.1, 0.15) is 0 Å². The maximum absolute atomic E-state index is 13.8. The molecule has 0 aliphatic carbocycles. The number of hydrogen-bond acceptors (Lipinski definition) is 0. The molecule has 1 N–H and O–H groups in total. The third-order valence-corrected chi connectivity index (χ3v) is 4.56. The molecule has 3 unspecified atom stereocenters. The maximum Gasteiger partial charge on any atom is 0.222 e. The second kappa shape index (κ2) is 9.26. The van der Waals surface area contributed by atoms with Crippen LogP contribution in [0.15, 0.2) is 6.07 Å². The Bertz CT molecular complexity index is 504. The van der Waals surface area contributed by atoms with Gasteiger partial charge in [-0.2, -0.15) is 4.39 Å². The van der Waals surface area contributed by atoms with Crippen molar-refractivity contribution in [3.8, 4) is 0 Å². The molecule has 132 valence electrons. The van der Waals surface area contributed by atoms with Gasteiger partial charge in [0.25, 0.3) is 0 Å². The van der Waals surface area contributed by atoms with E-state index < -0.39 is 23.3 Å². The zero-order valence-corrected chi connectivity index (χ0v) is 14.5. The molecular weight excluding hydrogens is 306 g/mol. The lowest BCUT2D eigenvalue weighted by Gasteiger charge is -2.21. The zero-order valence-electron chi connectivity index (χ0n) is 14.5. The number of rotatable bonds is 9. The van der Waals surface area contributed by atoms with Crippen LogP contribution in [0.2, 0.25) is 0 Å². The zero-order chi connectivity index (χ0) is 17.6. The average Bonchev–Trinajstić information content (AvgIpc) is 2.52. The molecule has 0 aliphatic heterocycles. The van der Waals surface area contributed by atoms with Gasteiger partial charge in [-0.15, -0.1) is 0 Å². The minimum atomic E-state index is -1.75. The molecular formula is C18H28F4N+. The lowest BCUT2D eigenvalue weighted by molar-refractivity contribution is -0.815. The Balaban J connectivity index is 2.67. The van der Waals surface area contributed by atoms with Crippen LogP contribution in [0.1, 0.15) is 52.9 Å². The summed E-state index contributed by atoms with van der Waals surface area (Å²) in [4.78, 5) is 0.552. The monoisotopic (exact) mass is 334 g/mol. The molecule has 0 saturated carbocycles. The van der Waals surface area contributed by atoms with Crippen molar-refractivity contribution in [1.29, 1.82) is 0 Å². The topological polar surface area (TPSA) is 4.44 Å². The van der Waals surface area contributed by atoms with Crippen LogP contribution in [0.3, 0.4) is 0 Å². The summed E-state index contributed by atoms with van der Waals surface area (Å²) in [7, 11) is 1.65. The van der Waals surface area contributed by atoms with Gasteiger partial charge in [0.2, 0.25) is 11.6 Å². The van der Waals surface area contributed by atoms with Crippen LogP contribution in [0.5, 0.6) is 0 Å². The molecule has 0 amide bonds. The molecule has 0 aromatic heterocycles. The standard InChI is InChI=1S/C18H27F4N/c1-5-7-13(6-2)9-8-12(3)11-23(4)15-10-14(19)16(20)18(22)17(15)21/h10,12-13H,5-9,11H2,1-4H3/p+1. The van der Waals surface area contributed by atoms with Crippen LogP contribution in [0, 0.1) is 35.1 Å². The Labute approximate surface area is 136 Å². The first-order chi connectivity index (χ1) is 10.8. The van der Waals surface area contributed by atoms with Crippen LogP contribution in [-0.2, 0) is 0 Å². The number of nitrogens with one attached hydrogen (secondary N) is 1. The van der Waals surface area contributed by atoms with Crippen LogP contribution < -0.4 is 4.90 Å². The van der Waals surface area contributed by atoms with Gasteiger partial charge in [-0.05, 0) is 18.8 Å². The minimum absolute atomic E-state index is 0.158. The fraction of sp³-hybridized carbons (Fsp3) is 0.667. The molecule has 5 heteroatoms. The van der Waals surface area contributed by atoms with E-state index in [1.54, 1.807) is 7.05 Å². The third kappa shape index (κ3) is 5.48. The van der Waals surface area contributed by atoms with Crippen molar-refractivity contribution in [1.82, 2.24) is 0 Å². The number of hydrogen-bond donors (Lipinski definition) is 1. The Kier molecular flexibility index (Phi) is 8.03. The summed E-state index contributed by atoms with van der Waals surface area (Å²) in [5.74, 6) is -5.15. The van der Waals surface area contributed by atoms with Gasteiger partial charge in [0, 0.05) is 12.0 Å². The van der Waals surface area contributed by atoms with Crippen molar-refractivity contribution in [2.24, 2.45) is 11.8 Å². The molecule has 1 nitrogen and oxygen atoms in total. The van der Waals surface area contributed by atoms with E-state index in [1.807, 2.05) is 0 Å². The highest BCUT2D eigenvalue weighted by Crippen LogP contribution is 2.22. The van der Waals surface area contributed by atoms with Gasteiger partial charge in [-0.1, -0.05) is 40.0 Å². The SMILES string of the molecule is CCCC(CC)CCC(C)C[NH+](C)c1cc(F)c(F)c(F)c1F. The van der Waals surface area contributed by atoms with E-state index in [0.717, 1.165) is 31.7 Å². The summed E-state index contributed by atoms with van der Waals surface area (Å²) in [5.41, 5.74) is -0.158. The summed E-state index contributed by atoms with van der Waals surface area (Å²) in [6.45, 7) is 6.95. The Hall–Kier alpha value is -1.10. The van der Waals surface area contributed by atoms with Crippen molar-refractivity contribution < 1.29 is 22.5 Å². The summed E-state index contributed by atoms with van der Waals surface area (Å²) in [5, 5.41) is 0. The van der Waals surface area contributed by atoms with Crippen molar-refractivity contribution in [3.05, 3.63) is 29.3 Å². The predicted molar refractivity (Wildman–Crippen MR) is 84.8 cm³/mol. The number of benzene rings is 1. The highest BCUT2D eigenvalue weighted by Gasteiger charge is 2.25. The van der Waals surface area contributed by atoms with Crippen LogP contribution in [-0.4, -0.2) is 13.6 Å². The number of halogens is 4. The molecule has 1 aromatic carbocycles. The summed E-state index contributed by atoms with van der Waals surface area (Å²) < 4.78 is 53.5. The first-order valence-corrected chi connectivity index (χ1v) is 8.47. The highest BCUT2D eigenvalue weighted by molar-refractivity contribution is 5.33. The third-order valence-electron chi connectivity index (χ3n) is 4.56. The van der Waals surface area contributed by atoms with E-state index in [0.29, 0.717) is 17.4 Å². The first-order valence-electron chi connectivity index (χ1n) is 8.47. The van der Waals surface area contributed by atoms with Crippen LogP contribution in [0.25, 0.3) is 0 Å². The van der Waals surface area contributed by atoms with Gasteiger partial charge in [0.15, 0.2) is 17.3 Å². The maximum atomic E-state index is 13.8.